The number of ether oxygens (including phenoxy) is 2. The smallest absolute Gasteiger partial charge is 0.233 e. The third-order valence-electron chi connectivity index (χ3n) is 4.43. The van der Waals surface area contributed by atoms with Crippen LogP contribution < -0.4 is 9.47 Å². The number of amides is 1. The second-order valence-electron chi connectivity index (χ2n) is 6.28. The molecule has 1 N–H and O–H groups in total. The Bertz CT molecular complexity index is 910. The predicted octanol–water partition coefficient (Wildman–Crippen LogP) is 3.34. The van der Waals surface area contributed by atoms with Crippen LogP contribution in [-0.2, 0) is 4.79 Å². The molecule has 0 bridgehead atoms. The van der Waals surface area contributed by atoms with Crippen molar-refractivity contribution < 1.29 is 14.3 Å². The molecular weight excluding hydrogens is 362 g/mol. The van der Waals surface area contributed by atoms with Crippen molar-refractivity contribution >= 4 is 28.7 Å². The number of aromatic nitrogens is 2. The van der Waals surface area contributed by atoms with Crippen molar-refractivity contribution in [1.82, 2.24) is 14.9 Å². The Morgan fingerprint density at radius 2 is 2.00 bits per heavy atom. The number of imidazole rings is 1. The first kappa shape index (κ1) is 17.7. The Labute approximate surface area is 161 Å². The van der Waals surface area contributed by atoms with E-state index in [1.807, 2.05) is 55.5 Å². The van der Waals surface area contributed by atoms with Gasteiger partial charge in [-0.25, -0.2) is 4.98 Å². The second-order valence-corrected chi connectivity index (χ2v) is 7.24. The lowest BCUT2D eigenvalue weighted by molar-refractivity contribution is -0.129. The van der Waals surface area contributed by atoms with Gasteiger partial charge in [0.15, 0.2) is 22.8 Å². The Morgan fingerprint density at radius 1 is 1.22 bits per heavy atom. The van der Waals surface area contributed by atoms with Crippen molar-refractivity contribution in [3.8, 4) is 11.5 Å². The van der Waals surface area contributed by atoms with Gasteiger partial charge in [0.25, 0.3) is 0 Å². The minimum Gasteiger partial charge on any atom is -0.486 e. The molecule has 2 heterocycles. The zero-order valence-corrected chi connectivity index (χ0v) is 15.9. The number of nitrogens with zero attached hydrogens (tertiary/aromatic N) is 2. The highest BCUT2D eigenvalue weighted by Gasteiger charge is 2.24. The average molecular weight is 383 g/mol. The van der Waals surface area contributed by atoms with Gasteiger partial charge < -0.3 is 19.4 Å². The van der Waals surface area contributed by atoms with E-state index in [2.05, 4.69) is 9.97 Å². The fourth-order valence-corrected chi connectivity index (χ4v) is 3.81. The lowest BCUT2D eigenvalue weighted by atomic mass is 10.2. The summed E-state index contributed by atoms with van der Waals surface area (Å²) in [4.78, 5) is 22.2. The largest absolute Gasteiger partial charge is 0.486 e. The number of fused-ring (bicyclic) bond motifs is 2. The molecule has 27 heavy (non-hydrogen) atoms. The lowest BCUT2D eigenvalue weighted by Crippen LogP contribution is -2.44. The van der Waals surface area contributed by atoms with Crippen LogP contribution in [0.3, 0.4) is 0 Å². The number of carbonyl (C=O) groups excluding carboxylic acids is 1. The van der Waals surface area contributed by atoms with Crippen molar-refractivity contribution in [2.45, 2.75) is 18.2 Å². The van der Waals surface area contributed by atoms with Gasteiger partial charge >= 0.3 is 0 Å². The normalized spacial score (nSPS) is 15.7. The number of carbonyl (C=O) groups is 1. The van der Waals surface area contributed by atoms with Crippen LogP contribution in [0, 0.1) is 0 Å². The maximum absolute atomic E-state index is 12.6. The van der Waals surface area contributed by atoms with E-state index in [1.165, 1.54) is 11.8 Å². The average Bonchev–Trinajstić information content (AvgIpc) is 3.13. The highest BCUT2D eigenvalue weighted by atomic mass is 32.2. The van der Waals surface area contributed by atoms with E-state index in [0.717, 1.165) is 27.7 Å². The zero-order chi connectivity index (χ0) is 18.6. The van der Waals surface area contributed by atoms with Gasteiger partial charge in [-0.1, -0.05) is 36.0 Å². The van der Waals surface area contributed by atoms with Crippen molar-refractivity contribution in [3.05, 3.63) is 48.5 Å². The number of nitrogens with one attached hydrogen (secondary N) is 1. The van der Waals surface area contributed by atoms with E-state index in [-0.39, 0.29) is 12.0 Å². The minimum atomic E-state index is -0.167. The van der Waals surface area contributed by atoms with Crippen LogP contribution in [0.4, 0.5) is 0 Å². The van der Waals surface area contributed by atoms with Gasteiger partial charge in [-0.05, 0) is 31.2 Å². The highest BCUT2D eigenvalue weighted by Crippen LogP contribution is 2.31. The summed E-state index contributed by atoms with van der Waals surface area (Å²) in [5, 5.41) is 0.756. The first-order valence-corrected chi connectivity index (χ1v) is 9.95. The SMILES string of the molecule is CCN(CC1COc2ccccc2O1)C(=O)CSc1nc2ccccc2[nH]1. The summed E-state index contributed by atoms with van der Waals surface area (Å²) in [6, 6.07) is 15.4. The number of likely N-dealkylation sites (N-methyl/N-ethyl adjacent to an activating group) is 1. The second kappa shape index (κ2) is 7.92. The van der Waals surface area contributed by atoms with E-state index in [9.17, 15) is 4.79 Å². The van der Waals surface area contributed by atoms with E-state index in [0.29, 0.717) is 25.4 Å². The maximum atomic E-state index is 12.6. The van der Waals surface area contributed by atoms with Crippen molar-refractivity contribution in [3.63, 3.8) is 0 Å². The molecular formula is C20H21N3O3S. The molecule has 0 fully saturated rings. The lowest BCUT2D eigenvalue weighted by Gasteiger charge is -2.30. The molecule has 0 radical (unpaired) electrons. The molecule has 7 heteroatoms. The van der Waals surface area contributed by atoms with Gasteiger partial charge in [0, 0.05) is 6.54 Å². The summed E-state index contributed by atoms with van der Waals surface area (Å²) in [6.45, 7) is 3.55. The number of rotatable bonds is 6. The number of H-pyrrole nitrogens is 1. The molecule has 0 saturated heterocycles. The quantitative estimate of drug-likeness (QED) is 0.661. The number of aromatic amines is 1. The summed E-state index contributed by atoms with van der Waals surface area (Å²) in [6.07, 6.45) is -0.167. The van der Waals surface area contributed by atoms with Gasteiger partial charge in [-0.3, -0.25) is 4.79 Å². The highest BCUT2D eigenvalue weighted by molar-refractivity contribution is 7.99. The summed E-state index contributed by atoms with van der Waals surface area (Å²) in [7, 11) is 0. The van der Waals surface area contributed by atoms with Gasteiger partial charge in [0.2, 0.25) is 5.91 Å². The van der Waals surface area contributed by atoms with Crippen LogP contribution in [0.15, 0.2) is 53.7 Å². The van der Waals surface area contributed by atoms with Gasteiger partial charge in [0.1, 0.15) is 6.61 Å². The van der Waals surface area contributed by atoms with Crippen LogP contribution in [0.1, 0.15) is 6.92 Å². The molecule has 1 atom stereocenters. The van der Waals surface area contributed by atoms with Crippen LogP contribution in [0.25, 0.3) is 11.0 Å². The topological polar surface area (TPSA) is 67.5 Å². The summed E-state index contributed by atoms with van der Waals surface area (Å²) in [5.74, 6) is 1.88. The molecule has 1 aliphatic heterocycles. The van der Waals surface area contributed by atoms with Crippen molar-refractivity contribution in [2.24, 2.45) is 0 Å². The first-order chi connectivity index (χ1) is 13.2. The monoisotopic (exact) mass is 383 g/mol. The third kappa shape index (κ3) is 4.03. The fourth-order valence-electron chi connectivity index (χ4n) is 3.03. The Balaban J connectivity index is 1.34. The summed E-state index contributed by atoms with van der Waals surface area (Å²) >= 11 is 1.42. The van der Waals surface area contributed by atoms with Crippen molar-refractivity contribution in [1.29, 1.82) is 0 Å². The molecule has 1 aliphatic rings. The molecule has 2 aromatic carbocycles. The molecule has 3 aromatic rings. The Kier molecular flexibility index (Phi) is 5.20. The molecule has 1 amide bonds. The molecule has 1 unspecified atom stereocenters. The molecule has 4 rings (SSSR count). The van der Waals surface area contributed by atoms with E-state index >= 15 is 0 Å². The van der Waals surface area contributed by atoms with Crippen LogP contribution >= 0.6 is 11.8 Å². The maximum Gasteiger partial charge on any atom is 0.233 e. The Hall–Kier alpha value is -2.67. The van der Waals surface area contributed by atoms with E-state index in [1.54, 1.807) is 4.90 Å². The number of para-hydroxylation sites is 4. The molecule has 0 aliphatic carbocycles. The molecule has 0 saturated carbocycles. The number of hydrogen-bond donors (Lipinski definition) is 1. The predicted molar refractivity (Wildman–Crippen MR) is 105 cm³/mol. The fraction of sp³-hybridized carbons (Fsp3) is 0.300. The molecule has 140 valence electrons. The number of hydrogen-bond acceptors (Lipinski definition) is 5. The number of benzene rings is 2. The third-order valence-corrected chi connectivity index (χ3v) is 5.28. The molecule has 0 spiro atoms. The zero-order valence-electron chi connectivity index (χ0n) is 15.1. The van der Waals surface area contributed by atoms with E-state index in [4.69, 9.17) is 9.47 Å². The molecule has 6 nitrogen and oxygen atoms in total. The van der Waals surface area contributed by atoms with Crippen LogP contribution in [-0.4, -0.2) is 52.3 Å². The summed E-state index contributed by atoms with van der Waals surface area (Å²) in [5.41, 5.74) is 1.89. The summed E-state index contributed by atoms with van der Waals surface area (Å²) < 4.78 is 11.7. The first-order valence-electron chi connectivity index (χ1n) is 8.96. The van der Waals surface area contributed by atoms with E-state index < -0.39 is 0 Å². The van der Waals surface area contributed by atoms with Crippen LogP contribution in [0.5, 0.6) is 11.5 Å². The van der Waals surface area contributed by atoms with Crippen LogP contribution in [0.2, 0.25) is 0 Å². The standard InChI is InChI=1S/C20H21N3O3S/c1-2-23(11-14-12-25-17-9-5-6-10-18(17)26-14)19(24)13-27-20-21-15-7-3-4-8-16(15)22-20/h3-10,14H,2,11-13H2,1H3,(H,21,22). The minimum absolute atomic E-state index is 0.0606. The van der Waals surface area contributed by atoms with Gasteiger partial charge in [-0.2, -0.15) is 0 Å². The van der Waals surface area contributed by atoms with Gasteiger partial charge in [-0.15, -0.1) is 0 Å². The number of thioether (sulfide) groups is 1. The van der Waals surface area contributed by atoms with Crippen molar-refractivity contribution in [2.75, 3.05) is 25.4 Å². The van der Waals surface area contributed by atoms with Gasteiger partial charge in [0.05, 0.1) is 23.3 Å². The molecule has 1 aromatic heterocycles. The Morgan fingerprint density at radius 3 is 2.81 bits per heavy atom.